The van der Waals surface area contributed by atoms with Crippen molar-refractivity contribution in [2.75, 3.05) is 18.5 Å². The number of aryl methyl sites for hydroxylation is 1. The van der Waals surface area contributed by atoms with Gasteiger partial charge in [-0.15, -0.1) is 11.3 Å². The molecule has 0 saturated carbocycles. The molecule has 0 unspecified atom stereocenters. The van der Waals surface area contributed by atoms with Gasteiger partial charge in [0, 0.05) is 11.4 Å². The molecule has 0 atom stereocenters. The lowest BCUT2D eigenvalue weighted by atomic mass is 10.3. The number of nitrogens with zero attached hydrogens (tertiary/aromatic N) is 2. The molecule has 0 aliphatic rings. The molecule has 2 aromatic rings. The topological polar surface area (TPSA) is 47.0 Å². The summed E-state index contributed by atoms with van der Waals surface area (Å²) in [5, 5.41) is 4.26. The Morgan fingerprint density at radius 3 is 2.84 bits per heavy atom. The van der Waals surface area contributed by atoms with Gasteiger partial charge in [0.05, 0.1) is 12.0 Å². The van der Waals surface area contributed by atoms with Crippen LogP contribution in [0.4, 0.5) is 5.95 Å². The zero-order valence-electron chi connectivity index (χ0n) is 11.8. The van der Waals surface area contributed by atoms with Gasteiger partial charge in [0.15, 0.2) is 0 Å². The molecule has 104 valence electrons. The zero-order chi connectivity index (χ0) is 13.7. The molecule has 0 saturated heterocycles. The molecular formula is C14H21N3OS. The van der Waals surface area contributed by atoms with Crippen molar-refractivity contribution in [2.45, 2.75) is 40.0 Å². The fourth-order valence-corrected chi connectivity index (χ4v) is 2.62. The Hall–Kier alpha value is -1.36. The summed E-state index contributed by atoms with van der Waals surface area (Å²) in [6.45, 7) is 7.96. The van der Waals surface area contributed by atoms with Crippen LogP contribution in [0.5, 0.6) is 5.88 Å². The van der Waals surface area contributed by atoms with Crippen LogP contribution in [0.1, 0.15) is 38.0 Å². The minimum atomic E-state index is 0.669. The second kappa shape index (κ2) is 6.70. The number of anilines is 1. The maximum atomic E-state index is 5.81. The van der Waals surface area contributed by atoms with Crippen LogP contribution in [0.3, 0.4) is 0 Å². The van der Waals surface area contributed by atoms with Gasteiger partial charge in [-0.3, -0.25) is 0 Å². The smallest absolute Gasteiger partial charge is 0.227 e. The monoisotopic (exact) mass is 279 g/mol. The minimum absolute atomic E-state index is 0.669. The summed E-state index contributed by atoms with van der Waals surface area (Å²) >= 11 is 1.68. The molecule has 4 nitrogen and oxygen atoms in total. The van der Waals surface area contributed by atoms with Gasteiger partial charge in [-0.25, -0.2) is 4.98 Å². The molecule has 0 aliphatic heterocycles. The van der Waals surface area contributed by atoms with Crippen molar-refractivity contribution in [3.63, 3.8) is 0 Å². The van der Waals surface area contributed by atoms with Crippen molar-refractivity contribution in [3.05, 3.63) is 10.9 Å². The molecule has 0 aliphatic carbocycles. The summed E-state index contributed by atoms with van der Waals surface area (Å²) in [5.41, 5.74) is 0. The Morgan fingerprint density at radius 1 is 1.26 bits per heavy atom. The number of nitrogens with one attached hydrogen (secondary N) is 1. The number of hydrogen-bond acceptors (Lipinski definition) is 5. The Labute approximate surface area is 118 Å². The van der Waals surface area contributed by atoms with Gasteiger partial charge in [0.25, 0.3) is 0 Å². The molecular weight excluding hydrogens is 258 g/mol. The van der Waals surface area contributed by atoms with E-state index in [0.717, 1.165) is 36.0 Å². The van der Waals surface area contributed by atoms with Crippen molar-refractivity contribution < 1.29 is 4.74 Å². The first-order valence-electron chi connectivity index (χ1n) is 6.89. The molecule has 0 bridgehead atoms. The van der Waals surface area contributed by atoms with Crippen molar-refractivity contribution >= 4 is 27.5 Å². The normalized spacial score (nSPS) is 10.9. The first kappa shape index (κ1) is 14.1. The highest BCUT2D eigenvalue weighted by Crippen LogP contribution is 2.31. The first-order chi connectivity index (χ1) is 9.24. The fraction of sp³-hybridized carbons (Fsp3) is 0.571. The second-order valence-electron chi connectivity index (χ2n) is 4.56. The molecule has 0 spiro atoms. The van der Waals surface area contributed by atoms with Crippen LogP contribution in [-0.2, 0) is 0 Å². The lowest BCUT2D eigenvalue weighted by molar-refractivity contribution is 0.302. The molecule has 5 heteroatoms. The van der Waals surface area contributed by atoms with E-state index in [0.29, 0.717) is 18.4 Å². The molecule has 0 radical (unpaired) electrons. The van der Waals surface area contributed by atoms with Gasteiger partial charge < -0.3 is 10.1 Å². The van der Waals surface area contributed by atoms with Gasteiger partial charge in [-0.05, 0) is 25.8 Å². The van der Waals surface area contributed by atoms with E-state index in [1.165, 1.54) is 4.88 Å². The third kappa shape index (κ3) is 3.56. The number of rotatable bonds is 7. The Balaban J connectivity index is 2.28. The minimum Gasteiger partial charge on any atom is -0.477 e. The van der Waals surface area contributed by atoms with Gasteiger partial charge in [-0.1, -0.05) is 20.3 Å². The lowest BCUT2D eigenvalue weighted by Crippen LogP contribution is -2.06. The van der Waals surface area contributed by atoms with E-state index in [2.05, 4.69) is 42.1 Å². The highest BCUT2D eigenvalue weighted by Gasteiger charge is 2.11. The fourth-order valence-electron chi connectivity index (χ4n) is 1.75. The van der Waals surface area contributed by atoms with Crippen molar-refractivity contribution in [2.24, 2.45) is 0 Å². The summed E-state index contributed by atoms with van der Waals surface area (Å²) in [4.78, 5) is 11.3. The van der Waals surface area contributed by atoms with E-state index in [4.69, 9.17) is 4.74 Å². The highest BCUT2D eigenvalue weighted by molar-refractivity contribution is 7.18. The molecule has 19 heavy (non-hydrogen) atoms. The van der Waals surface area contributed by atoms with Crippen LogP contribution < -0.4 is 10.1 Å². The standard InChI is InChI=1S/C14H21N3OS/c1-4-6-8-18-12-11-9-10(3)19-13(11)17-14(16-12)15-7-5-2/h9H,4-8H2,1-3H3,(H,15,16,17). The van der Waals surface area contributed by atoms with Gasteiger partial charge >= 0.3 is 0 Å². The third-order valence-electron chi connectivity index (χ3n) is 2.75. The number of fused-ring (bicyclic) bond motifs is 1. The van der Waals surface area contributed by atoms with E-state index >= 15 is 0 Å². The van der Waals surface area contributed by atoms with E-state index in [-0.39, 0.29) is 0 Å². The molecule has 2 heterocycles. The number of unbranched alkanes of at least 4 members (excludes halogenated alkanes) is 1. The van der Waals surface area contributed by atoms with E-state index < -0.39 is 0 Å². The summed E-state index contributed by atoms with van der Waals surface area (Å²) < 4.78 is 5.81. The van der Waals surface area contributed by atoms with Crippen molar-refractivity contribution in [1.82, 2.24) is 9.97 Å². The van der Waals surface area contributed by atoms with Gasteiger partial charge in [0.2, 0.25) is 11.8 Å². The Bertz CT molecular complexity index is 539. The highest BCUT2D eigenvalue weighted by atomic mass is 32.1. The van der Waals surface area contributed by atoms with Gasteiger partial charge in [-0.2, -0.15) is 4.98 Å². The van der Waals surface area contributed by atoms with Crippen molar-refractivity contribution in [1.29, 1.82) is 0 Å². The summed E-state index contributed by atoms with van der Waals surface area (Å²) in [6, 6.07) is 2.10. The third-order valence-corrected chi connectivity index (χ3v) is 3.70. The van der Waals surface area contributed by atoms with Gasteiger partial charge in [0.1, 0.15) is 4.83 Å². The molecule has 0 aromatic carbocycles. The van der Waals surface area contributed by atoms with Crippen LogP contribution in [0.15, 0.2) is 6.07 Å². The van der Waals surface area contributed by atoms with Crippen LogP contribution >= 0.6 is 11.3 Å². The second-order valence-corrected chi connectivity index (χ2v) is 5.79. The zero-order valence-corrected chi connectivity index (χ0v) is 12.6. The molecule has 0 fully saturated rings. The number of ether oxygens (including phenoxy) is 1. The quantitative estimate of drug-likeness (QED) is 0.778. The number of aromatic nitrogens is 2. The predicted octanol–water partition coefficient (Wildman–Crippen LogP) is 4.00. The average molecular weight is 279 g/mol. The number of hydrogen-bond donors (Lipinski definition) is 1. The number of thiophene rings is 1. The summed E-state index contributed by atoms with van der Waals surface area (Å²) in [6.07, 6.45) is 3.22. The SMILES string of the molecule is CCCCOc1nc(NCCC)nc2sc(C)cc12. The molecule has 0 amide bonds. The van der Waals surface area contributed by atoms with E-state index in [9.17, 15) is 0 Å². The van der Waals surface area contributed by atoms with Crippen LogP contribution in [0, 0.1) is 6.92 Å². The average Bonchev–Trinajstić information content (AvgIpc) is 2.77. The van der Waals surface area contributed by atoms with E-state index in [1.54, 1.807) is 11.3 Å². The molecule has 1 N–H and O–H groups in total. The predicted molar refractivity (Wildman–Crippen MR) is 81.3 cm³/mol. The Kier molecular flexibility index (Phi) is 4.96. The molecule has 2 rings (SSSR count). The van der Waals surface area contributed by atoms with Crippen LogP contribution in [0.25, 0.3) is 10.2 Å². The Morgan fingerprint density at radius 2 is 2.11 bits per heavy atom. The maximum absolute atomic E-state index is 5.81. The maximum Gasteiger partial charge on any atom is 0.227 e. The lowest BCUT2D eigenvalue weighted by Gasteiger charge is -2.08. The van der Waals surface area contributed by atoms with Crippen LogP contribution in [0.2, 0.25) is 0 Å². The molecule has 2 aromatic heterocycles. The van der Waals surface area contributed by atoms with Crippen molar-refractivity contribution in [3.8, 4) is 5.88 Å². The first-order valence-corrected chi connectivity index (χ1v) is 7.71. The van der Waals surface area contributed by atoms with Crippen LogP contribution in [-0.4, -0.2) is 23.1 Å². The summed E-state index contributed by atoms with van der Waals surface area (Å²) in [7, 11) is 0. The summed E-state index contributed by atoms with van der Waals surface area (Å²) in [5.74, 6) is 1.38. The largest absolute Gasteiger partial charge is 0.477 e. The van der Waals surface area contributed by atoms with E-state index in [1.807, 2.05) is 0 Å².